The molecule has 94 valence electrons. The minimum atomic E-state index is -0.111. The first-order valence-corrected chi connectivity index (χ1v) is 6.56. The van der Waals surface area contributed by atoms with Crippen molar-refractivity contribution in [3.05, 3.63) is 51.2 Å². The van der Waals surface area contributed by atoms with Crippen LogP contribution >= 0.6 is 11.3 Å². The summed E-state index contributed by atoms with van der Waals surface area (Å²) >= 11 is 1.64. The Hall–Kier alpha value is -1.81. The Morgan fingerprint density at radius 1 is 1.28 bits per heavy atom. The van der Waals surface area contributed by atoms with Gasteiger partial charge >= 0.3 is 0 Å². The molecular formula is C14H15NO2S. The van der Waals surface area contributed by atoms with Gasteiger partial charge in [-0.3, -0.25) is 4.79 Å². The maximum absolute atomic E-state index is 12.0. The summed E-state index contributed by atoms with van der Waals surface area (Å²) in [6.07, 6.45) is 0. The second kappa shape index (κ2) is 5.23. The van der Waals surface area contributed by atoms with Crippen LogP contribution in [0, 0.1) is 13.8 Å². The van der Waals surface area contributed by atoms with Crippen molar-refractivity contribution >= 4 is 17.2 Å². The van der Waals surface area contributed by atoms with Crippen LogP contribution in [0.4, 0.5) is 0 Å². The average Bonchev–Trinajstić information content (AvgIpc) is 2.72. The molecule has 0 unspecified atom stereocenters. The molecule has 0 radical (unpaired) electrons. The van der Waals surface area contributed by atoms with Gasteiger partial charge in [-0.25, -0.2) is 0 Å². The molecule has 2 rings (SSSR count). The molecule has 0 saturated heterocycles. The second-order valence-corrected chi connectivity index (χ2v) is 5.21. The van der Waals surface area contributed by atoms with Gasteiger partial charge in [0.15, 0.2) is 0 Å². The Morgan fingerprint density at radius 3 is 2.67 bits per heavy atom. The summed E-state index contributed by atoms with van der Waals surface area (Å²) < 4.78 is 0. The summed E-state index contributed by atoms with van der Waals surface area (Å²) in [5.74, 6) is 0.0680. The summed E-state index contributed by atoms with van der Waals surface area (Å²) in [5, 5.41) is 14.2. The Balaban J connectivity index is 2.06. The topological polar surface area (TPSA) is 49.3 Å². The number of phenolic OH excluding ortho intramolecular Hbond substituents is 1. The third-order valence-electron chi connectivity index (χ3n) is 2.83. The molecule has 0 atom stereocenters. The van der Waals surface area contributed by atoms with E-state index in [0.29, 0.717) is 12.1 Å². The van der Waals surface area contributed by atoms with Gasteiger partial charge in [0, 0.05) is 10.4 Å². The van der Waals surface area contributed by atoms with Crippen LogP contribution in [0.3, 0.4) is 0 Å². The smallest absolute Gasteiger partial charge is 0.251 e. The summed E-state index contributed by atoms with van der Waals surface area (Å²) in [7, 11) is 0. The lowest BCUT2D eigenvalue weighted by Gasteiger charge is -2.07. The van der Waals surface area contributed by atoms with Gasteiger partial charge < -0.3 is 10.4 Å². The van der Waals surface area contributed by atoms with Gasteiger partial charge in [-0.1, -0.05) is 0 Å². The van der Waals surface area contributed by atoms with Gasteiger partial charge in [0.1, 0.15) is 5.75 Å². The molecule has 0 aliphatic rings. The molecule has 18 heavy (non-hydrogen) atoms. The maximum Gasteiger partial charge on any atom is 0.251 e. The van der Waals surface area contributed by atoms with Crippen LogP contribution < -0.4 is 5.32 Å². The molecule has 0 bridgehead atoms. The normalized spacial score (nSPS) is 10.3. The summed E-state index contributed by atoms with van der Waals surface area (Å²) in [4.78, 5) is 13.2. The number of rotatable bonds is 3. The highest BCUT2D eigenvalue weighted by molar-refractivity contribution is 7.10. The van der Waals surface area contributed by atoms with E-state index in [0.717, 1.165) is 5.56 Å². The van der Waals surface area contributed by atoms with Crippen molar-refractivity contribution in [3.63, 3.8) is 0 Å². The fraction of sp³-hybridized carbons (Fsp3) is 0.214. The molecule has 0 saturated carbocycles. The Bertz CT molecular complexity index is 575. The lowest BCUT2D eigenvalue weighted by atomic mass is 10.1. The molecule has 0 fully saturated rings. The van der Waals surface area contributed by atoms with Crippen molar-refractivity contribution in [1.82, 2.24) is 5.32 Å². The number of hydrogen-bond donors (Lipinski definition) is 2. The number of nitrogens with one attached hydrogen (secondary N) is 1. The lowest BCUT2D eigenvalue weighted by Crippen LogP contribution is -2.23. The zero-order valence-corrected chi connectivity index (χ0v) is 11.2. The van der Waals surface area contributed by atoms with Crippen molar-refractivity contribution in [3.8, 4) is 5.75 Å². The Labute approximate surface area is 110 Å². The third-order valence-corrected chi connectivity index (χ3v) is 3.86. The van der Waals surface area contributed by atoms with Crippen LogP contribution in [0.25, 0.3) is 0 Å². The van der Waals surface area contributed by atoms with Gasteiger partial charge in [-0.15, -0.1) is 11.3 Å². The van der Waals surface area contributed by atoms with Crippen LogP contribution in [-0.2, 0) is 6.54 Å². The fourth-order valence-corrected chi connectivity index (χ4v) is 2.59. The van der Waals surface area contributed by atoms with E-state index >= 15 is 0 Å². The Kier molecular flexibility index (Phi) is 3.67. The number of benzene rings is 1. The molecule has 1 amide bonds. The molecule has 1 heterocycles. The molecule has 1 aromatic carbocycles. The quantitative estimate of drug-likeness (QED) is 0.892. The zero-order valence-electron chi connectivity index (χ0n) is 10.4. The molecule has 2 aromatic rings. The number of carbonyl (C=O) groups is 1. The molecular weight excluding hydrogens is 246 g/mol. The van der Waals surface area contributed by atoms with E-state index in [1.165, 1.54) is 16.5 Å². The largest absolute Gasteiger partial charge is 0.508 e. The van der Waals surface area contributed by atoms with Crippen LogP contribution in [0.5, 0.6) is 5.75 Å². The SMILES string of the molecule is Cc1cc(O)ccc1C(=O)NCc1sccc1C. The van der Waals surface area contributed by atoms with E-state index in [4.69, 9.17) is 0 Å². The average molecular weight is 261 g/mol. The van der Waals surface area contributed by atoms with E-state index in [1.54, 1.807) is 23.5 Å². The van der Waals surface area contributed by atoms with Crippen molar-refractivity contribution in [2.24, 2.45) is 0 Å². The summed E-state index contributed by atoms with van der Waals surface area (Å²) in [6, 6.07) is 6.79. The molecule has 0 aliphatic carbocycles. The molecule has 0 spiro atoms. The third kappa shape index (κ3) is 2.71. The van der Waals surface area contributed by atoms with Crippen molar-refractivity contribution in [1.29, 1.82) is 0 Å². The van der Waals surface area contributed by atoms with E-state index in [-0.39, 0.29) is 11.7 Å². The summed E-state index contributed by atoms with van der Waals surface area (Å²) in [5.41, 5.74) is 2.57. The minimum absolute atomic E-state index is 0.111. The van der Waals surface area contributed by atoms with Gasteiger partial charge in [0.05, 0.1) is 6.54 Å². The van der Waals surface area contributed by atoms with Gasteiger partial charge in [-0.05, 0) is 54.6 Å². The molecule has 4 heteroatoms. The number of amides is 1. The highest BCUT2D eigenvalue weighted by Crippen LogP contribution is 2.17. The van der Waals surface area contributed by atoms with E-state index in [2.05, 4.69) is 5.32 Å². The highest BCUT2D eigenvalue weighted by atomic mass is 32.1. The second-order valence-electron chi connectivity index (χ2n) is 4.21. The highest BCUT2D eigenvalue weighted by Gasteiger charge is 2.09. The summed E-state index contributed by atoms with van der Waals surface area (Å²) in [6.45, 7) is 4.39. The van der Waals surface area contributed by atoms with Crippen LogP contribution in [0.15, 0.2) is 29.6 Å². The predicted octanol–water partition coefficient (Wildman–Crippen LogP) is 3.00. The first kappa shape index (κ1) is 12.6. The van der Waals surface area contributed by atoms with E-state index in [1.807, 2.05) is 25.3 Å². The Morgan fingerprint density at radius 2 is 2.06 bits per heavy atom. The predicted molar refractivity (Wildman–Crippen MR) is 73.1 cm³/mol. The number of carbonyl (C=O) groups excluding carboxylic acids is 1. The standard InChI is InChI=1S/C14H15NO2S/c1-9-5-6-18-13(9)8-15-14(17)12-4-3-11(16)7-10(12)2/h3-7,16H,8H2,1-2H3,(H,15,17). The number of thiophene rings is 1. The first-order chi connectivity index (χ1) is 8.58. The van der Waals surface area contributed by atoms with Crippen LogP contribution in [0.2, 0.25) is 0 Å². The van der Waals surface area contributed by atoms with Gasteiger partial charge in [-0.2, -0.15) is 0 Å². The fourth-order valence-electron chi connectivity index (χ4n) is 1.74. The molecule has 0 aliphatic heterocycles. The van der Waals surface area contributed by atoms with E-state index < -0.39 is 0 Å². The molecule has 1 aromatic heterocycles. The van der Waals surface area contributed by atoms with Crippen molar-refractivity contribution in [2.45, 2.75) is 20.4 Å². The van der Waals surface area contributed by atoms with E-state index in [9.17, 15) is 9.90 Å². The monoisotopic (exact) mass is 261 g/mol. The minimum Gasteiger partial charge on any atom is -0.508 e. The van der Waals surface area contributed by atoms with Gasteiger partial charge in [0.2, 0.25) is 0 Å². The van der Waals surface area contributed by atoms with Crippen molar-refractivity contribution < 1.29 is 9.90 Å². The molecule has 3 nitrogen and oxygen atoms in total. The zero-order chi connectivity index (χ0) is 13.1. The van der Waals surface area contributed by atoms with Crippen LogP contribution in [0.1, 0.15) is 26.4 Å². The molecule has 2 N–H and O–H groups in total. The lowest BCUT2D eigenvalue weighted by molar-refractivity contribution is 0.0950. The first-order valence-electron chi connectivity index (χ1n) is 5.68. The maximum atomic E-state index is 12.0. The number of aromatic hydroxyl groups is 1. The number of hydrogen-bond acceptors (Lipinski definition) is 3. The van der Waals surface area contributed by atoms with Crippen LogP contribution in [-0.4, -0.2) is 11.0 Å². The van der Waals surface area contributed by atoms with Gasteiger partial charge in [0.25, 0.3) is 5.91 Å². The van der Waals surface area contributed by atoms with Crippen molar-refractivity contribution in [2.75, 3.05) is 0 Å². The number of aryl methyl sites for hydroxylation is 2. The number of phenols is 1.